The number of hydrogen-bond donors (Lipinski definition) is 0. The van der Waals surface area contributed by atoms with Crippen molar-refractivity contribution in [2.24, 2.45) is 0 Å². The Balaban J connectivity index is 2.15. The Bertz CT molecular complexity index is 230. The number of hydrogen-bond acceptors (Lipinski definition) is 2. The first-order valence-electron chi connectivity index (χ1n) is 5.61. The first-order chi connectivity index (χ1) is 7.36. The zero-order valence-electron chi connectivity index (χ0n) is 9.40. The molecule has 3 nitrogen and oxygen atoms in total. The molecule has 1 rings (SSSR count). The summed E-state index contributed by atoms with van der Waals surface area (Å²) in [5.41, 5.74) is 0. The van der Waals surface area contributed by atoms with E-state index in [1.54, 1.807) is 0 Å². The van der Waals surface area contributed by atoms with Gasteiger partial charge in [0.2, 0.25) is 0 Å². The Morgan fingerprint density at radius 3 is 2.80 bits per heavy atom. The van der Waals surface area contributed by atoms with Crippen molar-refractivity contribution in [2.75, 3.05) is 25.0 Å². The van der Waals surface area contributed by atoms with Crippen LogP contribution in [-0.2, 0) is 6.54 Å². The van der Waals surface area contributed by atoms with Crippen LogP contribution < -0.4 is 0 Å². The molecule has 15 heavy (non-hydrogen) atoms. The summed E-state index contributed by atoms with van der Waals surface area (Å²) in [5, 5.41) is 1.07. The van der Waals surface area contributed by atoms with Crippen molar-refractivity contribution in [3.63, 3.8) is 0 Å². The van der Waals surface area contributed by atoms with Crippen molar-refractivity contribution in [3.8, 4) is 0 Å². The second kappa shape index (κ2) is 7.88. The molecule has 0 saturated heterocycles. The lowest BCUT2D eigenvalue weighted by molar-refractivity contribution is 0.282. The SMILES string of the molecule is CCCN(CCBr)CCCn1ccnc1. The van der Waals surface area contributed by atoms with E-state index < -0.39 is 0 Å². The van der Waals surface area contributed by atoms with Crippen molar-refractivity contribution in [3.05, 3.63) is 18.7 Å². The summed E-state index contributed by atoms with van der Waals surface area (Å²) >= 11 is 3.49. The number of nitrogens with zero attached hydrogens (tertiary/aromatic N) is 3. The van der Waals surface area contributed by atoms with Crippen LogP contribution >= 0.6 is 15.9 Å². The molecule has 0 aromatic carbocycles. The lowest BCUT2D eigenvalue weighted by atomic mass is 10.3. The molecule has 0 radical (unpaired) electrons. The molecule has 0 aliphatic rings. The minimum atomic E-state index is 1.07. The normalized spacial score (nSPS) is 11.1. The third-order valence-electron chi connectivity index (χ3n) is 2.39. The van der Waals surface area contributed by atoms with Crippen LogP contribution in [0, 0.1) is 0 Å². The fraction of sp³-hybridized carbons (Fsp3) is 0.727. The van der Waals surface area contributed by atoms with Gasteiger partial charge in [0.05, 0.1) is 6.33 Å². The number of rotatable bonds is 8. The molecule has 0 fully saturated rings. The number of alkyl halides is 1. The second-order valence-electron chi connectivity index (χ2n) is 3.68. The van der Waals surface area contributed by atoms with Gasteiger partial charge in [0.25, 0.3) is 0 Å². The molecule has 4 heteroatoms. The van der Waals surface area contributed by atoms with Gasteiger partial charge in [-0.05, 0) is 25.9 Å². The van der Waals surface area contributed by atoms with Crippen molar-refractivity contribution < 1.29 is 0 Å². The van der Waals surface area contributed by atoms with E-state index in [-0.39, 0.29) is 0 Å². The summed E-state index contributed by atoms with van der Waals surface area (Å²) in [4.78, 5) is 6.54. The first kappa shape index (κ1) is 12.7. The first-order valence-corrected chi connectivity index (χ1v) is 6.73. The molecule has 0 unspecified atom stereocenters. The average molecular weight is 274 g/mol. The maximum absolute atomic E-state index is 4.03. The van der Waals surface area contributed by atoms with Gasteiger partial charge in [-0.2, -0.15) is 0 Å². The summed E-state index contributed by atoms with van der Waals surface area (Å²) in [6.07, 6.45) is 8.17. The zero-order chi connectivity index (χ0) is 10.9. The highest BCUT2D eigenvalue weighted by molar-refractivity contribution is 9.09. The van der Waals surface area contributed by atoms with Crippen molar-refractivity contribution >= 4 is 15.9 Å². The summed E-state index contributed by atoms with van der Waals surface area (Å²) in [6.45, 7) is 6.84. The van der Waals surface area contributed by atoms with E-state index in [2.05, 4.69) is 37.3 Å². The highest BCUT2D eigenvalue weighted by Gasteiger charge is 2.01. The van der Waals surface area contributed by atoms with Gasteiger partial charge in [0.1, 0.15) is 0 Å². The molecule has 0 bridgehead atoms. The van der Waals surface area contributed by atoms with E-state index >= 15 is 0 Å². The van der Waals surface area contributed by atoms with E-state index in [4.69, 9.17) is 0 Å². The topological polar surface area (TPSA) is 21.1 Å². The summed E-state index contributed by atoms with van der Waals surface area (Å²) < 4.78 is 2.14. The van der Waals surface area contributed by atoms with Crippen molar-refractivity contribution in [2.45, 2.75) is 26.3 Å². The lowest BCUT2D eigenvalue weighted by Crippen LogP contribution is -2.28. The number of halogens is 1. The fourth-order valence-corrected chi connectivity index (χ4v) is 2.17. The Morgan fingerprint density at radius 2 is 2.20 bits per heavy atom. The molecule has 1 heterocycles. The molecule has 0 saturated carbocycles. The van der Waals surface area contributed by atoms with Gasteiger partial charge >= 0.3 is 0 Å². The third-order valence-corrected chi connectivity index (χ3v) is 2.75. The molecule has 1 aromatic heterocycles. The summed E-state index contributed by atoms with van der Waals surface area (Å²) in [7, 11) is 0. The highest BCUT2D eigenvalue weighted by atomic mass is 79.9. The quantitative estimate of drug-likeness (QED) is 0.679. The van der Waals surface area contributed by atoms with Gasteiger partial charge in [-0.25, -0.2) is 4.98 Å². The molecular formula is C11H20BrN3. The summed E-state index contributed by atoms with van der Waals surface area (Å²) in [6, 6.07) is 0. The predicted molar refractivity (Wildman–Crippen MR) is 67.4 cm³/mol. The average Bonchev–Trinajstić information content (AvgIpc) is 2.71. The van der Waals surface area contributed by atoms with Gasteiger partial charge in [0, 0.05) is 30.8 Å². The molecule has 0 aliphatic heterocycles. The molecule has 86 valence electrons. The van der Waals surface area contributed by atoms with Crippen LogP contribution in [0.4, 0.5) is 0 Å². The van der Waals surface area contributed by atoms with Crippen LogP contribution in [0.2, 0.25) is 0 Å². The van der Waals surface area contributed by atoms with Gasteiger partial charge in [0.15, 0.2) is 0 Å². The Kier molecular flexibility index (Phi) is 6.68. The van der Waals surface area contributed by atoms with Crippen LogP contribution in [-0.4, -0.2) is 39.4 Å². The van der Waals surface area contributed by atoms with E-state index in [9.17, 15) is 0 Å². The molecule has 0 amide bonds. The number of aromatic nitrogens is 2. The van der Waals surface area contributed by atoms with Crippen molar-refractivity contribution in [1.82, 2.24) is 14.5 Å². The molecule has 0 atom stereocenters. The highest BCUT2D eigenvalue weighted by Crippen LogP contribution is 1.98. The van der Waals surface area contributed by atoms with E-state index in [0.29, 0.717) is 0 Å². The predicted octanol–water partition coefficient (Wildman–Crippen LogP) is 2.38. The zero-order valence-corrected chi connectivity index (χ0v) is 11.0. The summed E-state index contributed by atoms with van der Waals surface area (Å²) in [5.74, 6) is 0. The Labute approximate surface area is 101 Å². The maximum atomic E-state index is 4.03. The van der Waals surface area contributed by atoms with E-state index in [1.165, 1.54) is 25.9 Å². The van der Waals surface area contributed by atoms with Crippen LogP contribution in [0.25, 0.3) is 0 Å². The van der Waals surface area contributed by atoms with Gasteiger partial charge in [-0.1, -0.05) is 22.9 Å². The van der Waals surface area contributed by atoms with Crippen LogP contribution in [0.1, 0.15) is 19.8 Å². The van der Waals surface area contributed by atoms with E-state index in [0.717, 1.165) is 18.4 Å². The Hall–Kier alpha value is -0.350. The van der Waals surface area contributed by atoms with Gasteiger partial charge in [-0.15, -0.1) is 0 Å². The largest absolute Gasteiger partial charge is 0.337 e. The molecule has 0 aliphatic carbocycles. The third kappa shape index (κ3) is 5.33. The number of imidazole rings is 1. The minimum absolute atomic E-state index is 1.07. The van der Waals surface area contributed by atoms with Gasteiger partial charge in [-0.3, -0.25) is 0 Å². The molecule has 0 N–H and O–H groups in total. The number of aryl methyl sites for hydroxylation is 1. The van der Waals surface area contributed by atoms with Crippen LogP contribution in [0.3, 0.4) is 0 Å². The van der Waals surface area contributed by atoms with E-state index in [1.807, 2.05) is 18.7 Å². The van der Waals surface area contributed by atoms with Crippen LogP contribution in [0.5, 0.6) is 0 Å². The minimum Gasteiger partial charge on any atom is -0.337 e. The standard InChI is InChI=1S/C11H20BrN3/c1-2-6-14(9-4-12)7-3-8-15-10-5-13-11-15/h5,10-11H,2-4,6-9H2,1H3. The van der Waals surface area contributed by atoms with Crippen LogP contribution in [0.15, 0.2) is 18.7 Å². The monoisotopic (exact) mass is 273 g/mol. The molecule has 1 aromatic rings. The van der Waals surface area contributed by atoms with Crippen molar-refractivity contribution in [1.29, 1.82) is 0 Å². The fourth-order valence-electron chi connectivity index (χ4n) is 1.67. The Morgan fingerprint density at radius 1 is 1.33 bits per heavy atom. The lowest BCUT2D eigenvalue weighted by Gasteiger charge is -2.20. The smallest absolute Gasteiger partial charge is 0.0945 e. The maximum Gasteiger partial charge on any atom is 0.0945 e. The van der Waals surface area contributed by atoms with Gasteiger partial charge < -0.3 is 9.47 Å². The molecular weight excluding hydrogens is 254 g/mol. The molecule has 0 spiro atoms. The second-order valence-corrected chi connectivity index (χ2v) is 4.48.